The van der Waals surface area contributed by atoms with Gasteiger partial charge in [-0.1, -0.05) is 82.4 Å². The van der Waals surface area contributed by atoms with E-state index < -0.39 is 0 Å². The van der Waals surface area contributed by atoms with Crippen LogP contribution in [0.2, 0.25) is 0 Å². The number of hydrogen-bond donors (Lipinski definition) is 1. The Bertz CT molecular complexity index is 847. The van der Waals surface area contributed by atoms with E-state index in [0.29, 0.717) is 17.8 Å². The Hall–Kier alpha value is -2.24. The molecule has 0 fully saturated rings. The Morgan fingerprint density at radius 2 is 1.32 bits per heavy atom. The van der Waals surface area contributed by atoms with Crippen LogP contribution in [0.1, 0.15) is 82.3 Å². The maximum atomic E-state index is 10.4. The molecule has 2 aromatic carbocycles. The van der Waals surface area contributed by atoms with Gasteiger partial charge < -0.3 is 14.3 Å². The molecule has 0 aliphatic rings. The Kier molecular flexibility index (Phi) is 12.9. The Labute approximate surface area is 207 Å². The zero-order valence-corrected chi connectivity index (χ0v) is 21.9. The van der Waals surface area contributed by atoms with Crippen LogP contribution < -0.4 is 0 Å². The summed E-state index contributed by atoms with van der Waals surface area (Å²) in [7, 11) is 4.25. The average molecular weight is 469 g/mol. The minimum atomic E-state index is 0.287. The lowest BCUT2D eigenvalue weighted by Crippen LogP contribution is -2.40. The predicted octanol–water partition coefficient (Wildman–Crippen LogP) is 8.59. The molecule has 0 saturated heterocycles. The Morgan fingerprint density at radius 1 is 0.765 bits per heavy atom. The molecular weight excluding hydrogens is 422 g/mol. The predicted molar refractivity (Wildman–Crippen MR) is 142 cm³/mol. The molecule has 5 heteroatoms. The molecule has 0 aliphatic carbocycles. The van der Waals surface area contributed by atoms with E-state index in [2.05, 4.69) is 31.2 Å². The molecule has 5 nitrogen and oxygen atoms in total. The fourth-order valence-corrected chi connectivity index (χ4v) is 4.00. The van der Waals surface area contributed by atoms with Crippen molar-refractivity contribution in [2.24, 2.45) is 10.2 Å². The molecule has 0 aromatic heterocycles. The van der Waals surface area contributed by atoms with E-state index in [9.17, 15) is 5.11 Å². The number of quaternary nitrogens is 1. The van der Waals surface area contributed by atoms with E-state index in [1.54, 1.807) is 12.1 Å². The third-order valence-corrected chi connectivity index (χ3v) is 6.06. The van der Waals surface area contributed by atoms with Crippen molar-refractivity contribution in [2.45, 2.75) is 84.6 Å². The largest absolute Gasteiger partial charge is 0.507 e. The van der Waals surface area contributed by atoms with E-state index in [0.717, 1.165) is 30.0 Å². The zero-order chi connectivity index (χ0) is 24.7. The van der Waals surface area contributed by atoms with Crippen molar-refractivity contribution in [3.05, 3.63) is 53.6 Å². The Morgan fingerprint density at radius 3 is 1.97 bits per heavy atom. The minimum absolute atomic E-state index is 0.287. The van der Waals surface area contributed by atoms with Gasteiger partial charge in [-0.3, -0.25) is 0 Å². The van der Waals surface area contributed by atoms with Crippen LogP contribution in [-0.2, 0) is 11.3 Å². The SMILES string of the molecule is CCCCCCCCCCCCOC[N+](C)(C)Cc1cc(N=Nc2ccc(C)cc2)ccc1O. The highest BCUT2D eigenvalue weighted by Crippen LogP contribution is 2.27. The van der Waals surface area contributed by atoms with Gasteiger partial charge in [0.05, 0.1) is 37.6 Å². The molecule has 0 radical (unpaired) electrons. The van der Waals surface area contributed by atoms with Gasteiger partial charge in [0.15, 0.2) is 6.73 Å². The first-order valence-corrected chi connectivity index (χ1v) is 13.1. The minimum Gasteiger partial charge on any atom is -0.507 e. The van der Waals surface area contributed by atoms with Crippen molar-refractivity contribution < 1.29 is 14.3 Å². The van der Waals surface area contributed by atoms with Crippen LogP contribution in [0.3, 0.4) is 0 Å². The van der Waals surface area contributed by atoms with Gasteiger partial charge in [-0.15, -0.1) is 0 Å². The summed E-state index contributed by atoms with van der Waals surface area (Å²) in [4.78, 5) is 0. The normalized spacial score (nSPS) is 12.0. The highest BCUT2D eigenvalue weighted by Gasteiger charge is 2.19. The van der Waals surface area contributed by atoms with Crippen LogP contribution in [0, 0.1) is 6.92 Å². The second-order valence-electron chi connectivity index (χ2n) is 10.2. The lowest BCUT2D eigenvalue weighted by atomic mass is 10.1. The van der Waals surface area contributed by atoms with E-state index in [1.165, 1.54) is 63.4 Å². The van der Waals surface area contributed by atoms with Crippen LogP contribution in [0.15, 0.2) is 52.7 Å². The van der Waals surface area contributed by atoms with Gasteiger partial charge in [-0.25, -0.2) is 0 Å². The van der Waals surface area contributed by atoms with Gasteiger partial charge in [0.1, 0.15) is 12.3 Å². The number of rotatable bonds is 17. The number of aryl methyl sites for hydroxylation is 1. The number of phenolic OH excluding ortho intramolecular Hbond substituents is 1. The number of nitrogens with zero attached hydrogens (tertiary/aromatic N) is 3. The van der Waals surface area contributed by atoms with Crippen LogP contribution in [0.25, 0.3) is 0 Å². The fourth-order valence-electron chi connectivity index (χ4n) is 4.00. The summed E-state index contributed by atoms with van der Waals surface area (Å²) in [5.41, 5.74) is 3.60. The summed E-state index contributed by atoms with van der Waals surface area (Å²) in [5.74, 6) is 0.287. The van der Waals surface area contributed by atoms with Crippen molar-refractivity contribution in [3.63, 3.8) is 0 Å². The second kappa shape index (κ2) is 15.6. The highest BCUT2D eigenvalue weighted by molar-refractivity contribution is 5.47. The molecule has 0 spiro atoms. The second-order valence-corrected chi connectivity index (χ2v) is 10.2. The maximum absolute atomic E-state index is 10.4. The molecule has 0 atom stereocenters. The molecule has 0 unspecified atom stereocenters. The van der Waals surface area contributed by atoms with Crippen molar-refractivity contribution in [1.29, 1.82) is 0 Å². The summed E-state index contributed by atoms with van der Waals surface area (Å²) >= 11 is 0. The maximum Gasteiger partial charge on any atom is 0.182 e. The monoisotopic (exact) mass is 468 g/mol. The zero-order valence-electron chi connectivity index (χ0n) is 21.9. The van der Waals surface area contributed by atoms with Gasteiger partial charge in [0, 0.05) is 0 Å². The third kappa shape index (κ3) is 11.8. The van der Waals surface area contributed by atoms with Crippen molar-refractivity contribution >= 4 is 11.4 Å². The summed E-state index contributed by atoms with van der Waals surface area (Å²) < 4.78 is 6.62. The number of hydrogen-bond acceptors (Lipinski definition) is 4. The number of unbranched alkanes of at least 4 members (excludes halogenated alkanes) is 9. The fraction of sp³-hybridized carbons (Fsp3) is 0.586. The number of ether oxygens (including phenoxy) is 1. The summed E-state index contributed by atoms with van der Waals surface area (Å²) in [5, 5.41) is 19.0. The molecule has 188 valence electrons. The quantitative estimate of drug-likeness (QED) is 0.109. The summed E-state index contributed by atoms with van der Waals surface area (Å²) in [6.07, 6.45) is 13.3. The molecule has 34 heavy (non-hydrogen) atoms. The number of aromatic hydroxyl groups is 1. The first-order chi connectivity index (χ1) is 16.4. The third-order valence-electron chi connectivity index (χ3n) is 6.06. The smallest absolute Gasteiger partial charge is 0.182 e. The van der Waals surface area contributed by atoms with Crippen LogP contribution >= 0.6 is 0 Å². The lowest BCUT2D eigenvalue weighted by Gasteiger charge is -2.29. The van der Waals surface area contributed by atoms with Gasteiger partial charge in [0.2, 0.25) is 0 Å². The summed E-state index contributed by atoms with van der Waals surface area (Å²) in [6, 6.07) is 13.3. The first kappa shape index (κ1) is 28.0. The molecule has 1 N–H and O–H groups in total. The number of azo groups is 1. The van der Waals surface area contributed by atoms with Gasteiger partial charge in [-0.05, 0) is 43.7 Å². The molecule has 2 rings (SSSR count). The van der Waals surface area contributed by atoms with Crippen LogP contribution in [0.5, 0.6) is 5.75 Å². The van der Waals surface area contributed by atoms with Crippen LogP contribution in [0.4, 0.5) is 11.4 Å². The molecule has 0 saturated carbocycles. The number of phenols is 1. The molecular formula is C29H46N3O2+. The van der Waals surface area contributed by atoms with Gasteiger partial charge in [-0.2, -0.15) is 10.2 Å². The van der Waals surface area contributed by atoms with Gasteiger partial charge in [0.25, 0.3) is 0 Å². The first-order valence-electron chi connectivity index (χ1n) is 13.1. The molecule has 0 bridgehead atoms. The molecule has 2 aromatic rings. The van der Waals surface area contributed by atoms with E-state index in [-0.39, 0.29) is 5.75 Å². The van der Waals surface area contributed by atoms with Crippen molar-refractivity contribution in [2.75, 3.05) is 27.4 Å². The van der Waals surface area contributed by atoms with Gasteiger partial charge >= 0.3 is 0 Å². The number of benzene rings is 2. The average Bonchev–Trinajstić information content (AvgIpc) is 2.81. The van der Waals surface area contributed by atoms with E-state index in [1.807, 2.05) is 37.3 Å². The van der Waals surface area contributed by atoms with Crippen LogP contribution in [-0.4, -0.2) is 37.0 Å². The van der Waals surface area contributed by atoms with Crippen molar-refractivity contribution in [3.8, 4) is 5.75 Å². The van der Waals surface area contributed by atoms with Crippen molar-refractivity contribution in [1.82, 2.24) is 0 Å². The lowest BCUT2D eigenvalue weighted by molar-refractivity contribution is -0.922. The standard InChI is InChI=1S/C29H45N3O2/c1-5-6-7-8-9-10-11-12-13-14-21-34-24-32(3,4)23-26-22-28(19-20-29(26)33)31-30-27-17-15-25(2)16-18-27/h15-20,22H,5-14,21,23-24H2,1-4H3/p+1. The topological polar surface area (TPSA) is 54.2 Å². The Balaban J connectivity index is 1.68. The van der Waals surface area contributed by atoms with E-state index in [4.69, 9.17) is 4.74 Å². The highest BCUT2D eigenvalue weighted by atomic mass is 16.5. The summed E-state index contributed by atoms with van der Waals surface area (Å²) in [6.45, 7) is 6.40. The molecule has 0 amide bonds. The molecule has 0 aliphatic heterocycles. The van der Waals surface area contributed by atoms with E-state index >= 15 is 0 Å². The molecule has 0 heterocycles.